The fourth-order valence-corrected chi connectivity index (χ4v) is 1.55. The number of carbonyl (C=O) groups excluding carboxylic acids is 1. The smallest absolute Gasteiger partial charge is 0.251 e. The second kappa shape index (κ2) is 6.28. The topological polar surface area (TPSA) is 67.2 Å². The average Bonchev–Trinajstić information content (AvgIpc) is 2.30. The van der Waals surface area contributed by atoms with E-state index in [0.717, 1.165) is 12.1 Å². The van der Waals surface area contributed by atoms with Gasteiger partial charge in [0.25, 0.3) is 5.91 Å². The van der Waals surface area contributed by atoms with Crippen LogP contribution in [-0.4, -0.2) is 18.0 Å². The molecule has 0 aliphatic rings. The van der Waals surface area contributed by atoms with E-state index in [4.69, 9.17) is 5.73 Å². The largest absolute Gasteiger partial charge is 0.397 e. The molecule has 0 bridgehead atoms. The van der Waals surface area contributed by atoms with Gasteiger partial charge in [-0.3, -0.25) is 4.79 Å². The zero-order chi connectivity index (χ0) is 13.7. The fourth-order valence-electron chi connectivity index (χ4n) is 1.55. The van der Waals surface area contributed by atoms with Crippen LogP contribution in [0, 0.1) is 0 Å². The van der Waals surface area contributed by atoms with Crippen LogP contribution in [0.15, 0.2) is 18.2 Å². The Balaban J connectivity index is 2.82. The van der Waals surface area contributed by atoms with Crippen molar-refractivity contribution in [1.29, 1.82) is 0 Å². The van der Waals surface area contributed by atoms with E-state index in [2.05, 4.69) is 24.5 Å². The number of anilines is 2. The zero-order valence-corrected chi connectivity index (χ0v) is 11.6. The molecule has 0 saturated carbocycles. The lowest BCUT2D eigenvalue weighted by atomic mass is 10.1. The van der Waals surface area contributed by atoms with Gasteiger partial charge in [0.2, 0.25) is 0 Å². The first-order valence-electron chi connectivity index (χ1n) is 6.41. The van der Waals surface area contributed by atoms with E-state index >= 15 is 0 Å². The minimum absolute atomic E-state index is 0.0909. The molecule has 0 aromatic heterocycles. The van der Waals surface area contributed by atoms with Crippen molar-refractivity contribution in [3.8, 4) is 0 Å². The van der Waals surface area contributed by atoms with Crippen molar-refractivity contribution < 1.29 is 4.79 Å². The Bertz CT molecular complexity index is 416. The zero-order valence-electron chi connectivity index (χ0n) is 11.6. The number of benzene rings is 1. The maximum atomic E-state index is 11.8. The molecule has 0 fully saturated rings. The molecular formula is C14H23N3O. The Morgan fingerprint density at radius 3 is 2.50 bits per heavy atom. The first-order chi connectivity index (χ1) is 8.43. The molecule has 4 N–H and O–H groups in total. The summed E-state index contributed by atoms with van der Waals surface area (Å²) in [5, 5.41) is 6.15. The van der Waals surface area contributed by atoms with E-state index in [0.29, 0.717) is 17.3 Å². The molecule has 0 aliphatic heterocycles. The van der Waals surface area contributed by atoms with Crippen LogP contribution in [0.4, 0.5) is 11.4 Å². The lowest BCUT2D eigenvalue weighted by Gasteiger charge is -2.16. The number of nitrogens with one attached hydrogen (secondary N) is 2. The highest BCUT2D eigenvalue weighted by Crippen LogP contribution is 2.21. The lowest BCUT2D eigenvalue weighted by Crippen LogP contribution is -2.30. The van der Waals surface area contributed by atoms with Crippen molar-refractivity contribution >= 4 is 17.3 Å². The third-order valence-electron chi connectivity index (χ3n) is 2.75. The number of amides is 1. The molecule has 0 saturated heterocycles. The molecule has 4 heteroatoms. The summed E-state index contributed by atoms with van der Waals surface area (Å²) in [6.07, 6.45) is 1.02. The average molecular weight is 249 g/mol. The van der Waals surface area contributed by atoms with Crippen molar-refractivity contribution in [2.75, 3.05) is 11.1 Å². The summed E-state index contributed by atoms with van der Waals surface area (Å²) in [5.74, 6) is -0.0909. The molecule has 0 heterocycles. The maximum absolute atomic E-state index is 11.8. The van der Waals surface area contributed by atoms with E-state index in [1.54, 1.807) is 12.1 Å². The molecule has 1 aromatic carbocycles. The van der Waals surface area contributed by atoms with E-state index in [1.165, 1.54) is 0 Å². The van der Waals surface area contributed by atoms with Gasteiger partial charge >= 0.3 is 0 Å². The normalized spacial score (nSPS) is 12.3. The van der Waals surface area contributed by atoms with E-state index in [9.17, 15) is 4.79 Å². The minimum Gasteiger partial charge on any atom is -0.397 e. The molecule has 1 amide bonds. The summed E-state index contributed by atoms with van der Waals surface area (Å²) in [6, 6.07) is 5.84. The summed E-state index contributed by atoms with van der Waals surface area (Å²) in [7, 11) is 0. The Morgan fingerprint density at radius 1 is 1.33 bits per heavy atom. The molecule has 0 radical (unpaired) electrons. The van der Waals surface area contributed by atoms with Gasteiger partial charge in [-0.2, -0.15) is 0 Å². The molecular weight excluding hydrogens is 226 g/mol. The van der Waals surface area contributed by atoms with Gasteiger partial charge in [-0.05, 0) is 45.4 Å². The van der Waals surface area contributed by atoms with Crippen LogP contribution in [0.5, 0.6) is 0 Å². The Hall–Kier alpha value is -1.71. The molecule has 1 aromatic rings. The van der Waals surface area contributed by atoms with Gasteiger partial charge in [0.05, 0.1) is 11.4 Å². The number of hydrogen-bond donors (Lipinski definition) is 3. The summed E-state index contributed by atoms with van der Waals surface area (Å²) < 4.78 is 0. The fraction of sp³-hybridized carbons (Fsp3) is 0.500. The highest BCUT2D eigenvalue weighted by Gasteiger charge is 2.09. The summed E-state index contributed by atoms with van der Waals surface area (Å²) in [6.45, 7) is 8.07. The third-order valence-corrected chi connectivity index (χ3v) is 2.75. The molecule has 100 valence electrons. The molecule has 4 nitrogen and oxygen atoms in total. The predicted octanol–water partition coefficient (Wildman–Crippen LogP) is 2.62. The van der Waals surface area contributed by atoms with Crippen LogP contribution in [-0.2, 0) is 0 Å². The lowest BCUT2D eigenvalue weighted by molar-refractivity contribution is 0.0943. The van der Waals surface area contributed by atoms with Crippen molar-refractivity contribution in [2.45, 2.75) is 46.2 Å². The van der Waals surface area contributed by atoms with Gasteiger partial charge in [-0.1, -0.05) is 6.92 Å². The Labute approximate surface area is 109 Å². The number of carbonyl (C=O) groups is 1. The van der Waals surface area contributed by atoms with Gasteiger partial charge < -0.3 is 16.4 Å². The first-order valence-corrected chi connectivity index (χ1v) is 6.41. The van der Waals surface area contributed by atoms with Crippen LogP contribution in [0.1, 0.15) is 44.5 Å². The van der Waals surface area contributed by atoms with Gasteiger partial charge in [0.1, 0.15) is 0 Å². The molecule has 18 heavy (non-hydrogen) atoms. The van der Waals surface area contributed by atoms with Gasteiger partial charge in [-0.25, -0.2) is 0 Å². The number of hydrogen-bond acceptors (Lipinski definition) is 3. The summed E-state index contributed by atoms with van der Waals surface area (Å²) in [4.78, 5) is 11.8. The highest BCUT2D eigenvalue weighted by molar-refractivity contribution is 5.96. The van der Waals surface area contributed by atoms with E-state index < -0.39 is 0 Å². The minimum atomic E-state index is -0.0909. The number of nitrogen functional groups attached to an aromatic ring is 1. The van der Waals surface area contributed by atoms with Crippen molar-refractivity contribution in [1.82, 2.24) is 5.32 Å². The third kappa shape index (κ3) is 3.95. The standard InChI is InChI=1S/C14H23N3O/c1-5-10(4)17-13-7-6-11(8-12(13)15)14(18)16-9(2)3/h6-10,17H,5,15H2,1-4H3,(H,16,18)/t10-/m1/s1. The monoisotopic (exact) mass is 249 g/mol. The second-order valence-electron chi connectivity index (χ2n) is 4.88. The predicted molar refractivity (Wildman–Crippen MR) is 76.8 cm³/mol. The van der Waals surface area contributed by atoms with Crippen molar-refractivity contribution in [2.24, 2.45) is 0 Å². The van der Waals surface area contributed by atoms with Crippen LogP contribution in [0.25, 0.3) is 0 Å². The van der Waals surface area contributed by atoms with Crippen LogP contribution in [0.3, 0.4) is 0 Å². The number of nitrogens with two attached hydrogens (primary N) is 1. The Morgan fingerprint density at radius 2 is 2.00 bits per heavy atom. The van der Waals surface area contributed by atoms with Crippen LogP contribution in [0.2, 0.25) is 0 Å². The maximum Gasteiger partial charge on any atom is 0.251 e. The van der Waals surface area contributed by atoms with Crippen LogP contribution < -0.4 is 16.4 Å². The van der Waals surface area contributed by atoms with E-state index in [1.807, 2.05) is 19.9 Å². The van der Waals surface area contributed by atoms with Gasteiger partial charge in [0.15, 0.2) is 0 Å². The highest BCUT2D eigenvalue weighted by atomic mass is 16.1. The van der Waals surface area contributed by atoms with Gasteiger partial charge in [0, 0.05) is 17.6 Å². The molecule has 0 aliphatic carbocycles. The van der Waals surface area contributed by atoms with E-state index in [-0.39, 0.29) is 11.9 Å². The molecule has 0 spiro atoms. The number of rotatable bonds is 5. The SMILES string of the molecule is CC[C@@H](C)Nc1ccc(C(=O)NC(C)C)cc1N. The van der Waals surface area contributed by atoms with Gasteiger partial charge in [-0.15, -0.1) is 0 Å². The summed E-state index contributed by atoms with van der Waals surface area (Å²) in [5.41, 5.74) is 8.03. The summed E-state index contributed by atoms with van der Waals surface area (Å²) >= 11 is 0. The van der Waals surface area contributed by atoms with Crippen molar-refractivity contribution in [3.63, 3.8) is 0 Å². The Kier molecular flexibility index (Phi) is 5.01. The molecule has 1 rings (SSSR count). The molecule has 1 atom stereocenters. The first kappa shape index (κ1) is 14.4. The molecule has 0 unspecified atom stereocenters. The van der Waals surface area contributed by atoms with Crippen LogP contribution >= 0.6 is 0 Å². The van der Waals surface area contributed by atoms with Crippen molar-refractivity contribution in [3.05, 3.63) is 23.8 Å². The quantitative estimate of drug-likeness (QED) is 0.703. The second-order valence-corrected chi connectivity index (χ2v) is 4.88.